The van der Waals surface area contributed by atoms with E-state index < -0.39 is 60.0 Å². The molecule has 13 nitrogen and oxygen atoms in total. The maximum Gasteiger partial charge on any atom is 0.315 e. The number of pyridine rings is 1. The van der Waals surface area contributed by atoms with Crippen molar-refractivity contribution in [3.63, 3.8) is 0 Å². The Morgan fingerprint density at radius 1 is 0.778 bits per heavy atom. The van der Waals surface area contributed by atoms with Crippen molar-refractivity contribution in [2.75, 3.05) is 0 Å². The predicted molar refractivity (Wildman–Crippen MR) is 160 cm³/mol. The number of carboxylic acid groups (broad SMARTS) is 1. The topological polar surface area (TPSA) is 182 Å². The minimum atomic E-state index is -1.11. The molecule has 0 fully saturated rings. The monoisotopic (exact) mass is 637 g/mol. The second-order valence-electron chi connectivity index (χ2n) is 11.0. The van der Waals surface area contributed by atoms with Crippen LogP contribution in [0.2, 0.25) is 0 Å². The molecule has 0 amide bonds. The predicted octanol–water partition coefficient (Wildman–Crippen LogP) is 4.56. The van der Waals surface area contributed by atoms with E-state index in [4.69, 9.17) is 28.8 Å². The van der Waals surface area contributed by atoms with Gasteiger partial charge in [0.05, 0.1) is 30.9 Å². The summed E-state index contributed by atoms with van der Waals surface area (Å²) in [6, 6.07) is 0. The number of esters is 5. The van der Waals surface area contributed by atoms with Gasteiger partial charge in [-0.1, -0.05) is 20.8 Å². The van der Waals surface area contributed by atoms with E-state index >= 15 is 0 Å². The lowest BCUT2D eigenvalue weighted by Crippen LogP contribution is -2.26. The third-order valence-electron chi connectivity index (χ3n) is 6.55. The Bertz CT molecular complexity index is 1180. The van der Waals surface area contributed by atoms with Crippen molar-refractivity contribution in [1.82, 2.24) is 4.98 Å². The lowest BCUT2D eigenvalue weighted by atomic mass is 9.94. The van der Waals surface area contributed by atoms with Crippen LogP contribution in [-0.4, -0.2) is 64.2 Å². The number of carbonyl (C=O) groups is 6. The van der Waals surface area contributed by atoms with Crippen molar-refractivity contribution in [2.24, 2.45) is 5.92 Å². The lowest BCUT2D eigenvalue weighted by Gasteiger charge is -2.21. The standard InChI is InChI=1S/C32H47NO12/c1-8-11-27(36)42-20(5)14-29(38)41-18-25-24(16-23(10-3)32(40)44-19(4)13-26(34)35)17-33-22(7)31(25)45-30(39)15-21(6)43-28(37)12-9-2/h17,19-21,23H,8-16,18H2,1-7H3,(H,34,35)/t19-,20-,21-,23?/m1/s1. The van der Waals surface area contributed by atoms with Crippen LogP contribution in [0.3, 0.4) is 0 Å². The van der Waals surface area contributed by atoms with Crippen molar-refractivity contribution in [1.29, 1.82) is 0 Å². The smallest absolute Gasteiger partial charge is 0.315 e. The first-order chi connectivity index (χ1) is 21.2. The zero-order chi connectivity index (χ0) is 34.1. The summed E-state index contributed by atoms with van der Waals surface area (Å²) in [6.45, 7) is 11.3. The second-order valence-corrected chi connectivity index (χ2v) is 11.0. The largest absolute Gasteiger partial charge is 0.481 e. The molecule has 1 heterocycles. The first-order valence-corrected chi connectivity index (χ1v) is 15.3. The van der Waals surface area contributed by atoms with Gasteiger partial charge in [0.1, 0.15) is 24.9 Å². The second kappa shape index (κ2) is 20.1. The summed E-state index contributed by atoms with van der Waals surface area (Å²) in [7, 11) is 0. The molecule has 0 aliphatic heterocycles. The molecule has 252 valence electrons. The van der Waals surface area contributed by atoms with E-state index in [1.165, 1.54) is 13.1 Å². The number of hydrogen-bond donors (Lipinski definition) is 1. The van der Waals surface area contributed by atoms with Crippen molar-refractivity contribution in [2.45, 2.75) is 131 Å². The number of aliphatic carboxylic acids is 1. The van der Waals surface area contributed by atoms with Crippen LogP contribution in [0.5, 0.6) is 5.75 Å². The van der Waals surface area contributed by atoms with E-state index in [0.717, 1.165) is 0 Å². The zero-order valence-corrected chi connectivity index (χ0v) is 27.3. The summed E-state index contributed by atoms with van der Waals surface area (Å²) in [6.07, 6.45) is 0.386. The minimum absolute atomic E-state index is 0.0299. The van der Waals surface area contributed by atoms with E-state index in [1.54, 1.807) is 27.7 Å². The van der Waals surface area contributed by atoms with Crippen molar-refractivity contribution in [3.8, 4) is 5.75 Å². The highest BCUT2D eigenvalue weighted by molar-refractivity contribution is 5.76. The highest BCUT2D eigenvalue weighted by Gasteiger charge is 2.27. The third kappa shape index (κ3) is 15.0. The van der Waals surface area contributed by atoms with Crippen LogP contribution in [0.4, 0.5) is 0 Å². The van der Waals surface area contributed by atoms with Crippen molar-refractivity contribution < 1.29 is 57.6 Å². The van der Waals surface area contributed by atoms with Gasteiger partial charge in [0, 0.05) is 24.6 Å². The number of ether oxygens (including phenoxy) is 5. The molecular formula is C32H47NO12. The van der Waals surface area contributed by atoms with E-state index in [2.05, 4.69) is 4.98 Å². The van der Waals surface area contributed by atoms with Crippen molar-refractivity contribution >= 4 is 35.8 Å². The average Bonchev–Trinajstić information content (AvgIpc) is 2.91. The quantitative estimate of drug-likeness (QED) is 0.155. The molecule has 0 spiro atoms. The van der Waals surface area contributed by atoms with Gasteiger partial charge in [0.15, 0.2) is 5.75 Å². The molecule has 0 aliphatic rings. The van der Waals surface area contributed by atoms with E-state index in [-0.39, 0.29) is 50.9 Å². The Labute approximate surface area is 264 Å². The number of carbonyl (C=O) groups excluding carboxylic acids is 5. The van der Waals surface area contributed by atoms with Gasteiger partial charge in [-0.15, -0.1) is 0 Å². The Hall–Kier alpha value is -4.03. The molecule has 0 saturated heterocycles. The van der Waals surface area contributed by atoms with E-state index in [0.29, 0.717) is 36.1 Å². The molecule has 1 N–H and O–H groups in total. The molecule has 1 unspecified atom stereocenters. The molecule has 1 aromatic rings. The maximum absolute atomic E-state index is 12.9. The van der Waals surface area contributed by atoms with Crippen LogP contribution in [0, 0.1) is 12.8 Å². The summed E-state index contributed by atoms with van der Waals surface area (Å²) in [5.74, 6) is -4.65. The fourth-order valence-corrected chi connectivity index (χ4v) is 4.28. The minimum Gasteiger partial charge on any atom is -0.481 e. The van der Waals surface area contributed by atoms with Crippen LogP contribution in [0.25, 0.3) is 0 Å². The molecule has 4 atom stereocenters. The molecule has 0 aromatic carbocycles. The Balaban J connectivity index is 3.26. The summed E-state index contributed by atoms with van der Waals surface area (Å²) in [5, 5.41) is 9.01. The average molecular weight is 638 g/mol. The third-order valence-corrected chi connectivity index (χ3v) is 6.55. The molecule has 0 aliphatic carbocycles. The van der Waals surface area contributed by atoms with E-state index in [9.17, 15) is 28.8 Å². The SMILES string of the molecule is CCCC(=O)O[C@H](C)CC(=O)OCc1c(CC(CC)C(=O)O[C@H](C)CC(=O)O)cnc(C)c1OC(=O)C[C@@H](C)OC(=O)CCC. The molecule has 0 radical (unpaired) electrons. The Morgan fingerprint density at radius 2 is 1.31 bits per heavy atom. The first-order valence-electron chi connectivity index (χ1n) is 15.3. The molecule has 13 heteroatoms. The van der Waals surface area contributed by atoms with Gasteiger partial charge in [0.25, 0.3) is 0 Å². The molecule has 45 heavy (non-hydrogen) atoms. The Kier molecular flexibility index (Phi) is 17.4. The fraction of sp³-hybridized carbons (Fsp3) is 0.656. The van der Waals surface area contributed by atoms with E-state index in [1.807, 2.05) is 13.8 Å². The van der Waals surface area contributed by atoms with Gasteiger partial charge < -0.3 is 28.8 Å². The highest BCUT2D eigenvalue weighted by Crippen LogP contribution is 2.30. The summed E-state index contributed by atoms with van der Waals surface area (Å²) >= 11 is 0. The summed E-state index contributed by atoms with van der Waals surface area (Å²) in [4.78, 5) is 77.5. The molecular weight excluding hydrogens is 590 g/mol. The zero-order valence-electron chi connectivity index (χ0n) is 27.3. The molecule has 0 bridgehead atoms. The summed E-state index contributed by atoms with van der Waals surface area (Å²) < 4.78 is 27.0. The summed E-state index contributed by atoms with van der Waals surface area (Å²) in [5.41, 5.74) is 1.04. The number of aryl methyl sites for hydroxylation is 1. The van der Waals surface area contributed by atoms with Gasteiger partial charge in [-0.2, -0.15) is 0 Å². The number of carboxylic acids is 1. The van der Waals surface area contributed by atoms with Crippen LogP contribution < -0.4 is 4.74 Å². The molecule has 1 aromatic heterocycles. The van der Waals surface area contributed by atoms with Gasteiger partial charge >= 0.3 is 35.8 Å². The van der Waals surface area contributed by atoms with Crippen LogP contribution in [0.1, 0.15) is 110 Å². The van der Waals surface area contributed by atoms with Gasteiger partial charge in [-0.25, -0.2) is 0 Å². The Morgan fingerprint density at radius 3 is 1.82 bits per heavy atom. The molecule has 0 saturated carbocycles. The van der Waals surface area contributed by atoms with Gasteiger partial charge in [0.2, 0.25) is 0 Å². The highest BCUT2D eigenvalue weighted by atomic mass is 16.6. The first kappa shape index (κ1) is 39.0. The fourth-order valence-electron chi connectivity index (χ4n) is 4.28. The number of hydrogen-bond acceptors (Lipinski definition) is 12. The van der Waals surface area contributed by atoms with Crippen LogP contribution >= 0.6 is 0 Å². The van der Waals surface area contributed by atoms with Gasteiger partial charge in [-0.3, -0.25) is 33.8 Å². The van der Waals surface area contributed by atoms with Gasteiger partial charge in [-0.05, 0) is 58.9 Å². The van der Waals surface area contributed by atoms with Crippen LogP contribution in [0.15, 0.2) is 6.20 Å². The lowest BCUT2D eigenvalue weighted by molar-refractivity contribution is -0.157. The number of rotatable bonds is 20. The normalized spacial score (nSPS) is 13.5. The maximum atomic E-state index is 12.9. The van der Waals surface area contributed by atoms with Crippen LogP contribution in [-0.2, 0) is 60.7 Å². The number of aromatic nitrogens is 1. The number of nitrogens with zero attached hydrogens (tertiary/aromatic N) is 1. The molecule has 1 rings (SSSR count). The van der Waals surface area contributed by atoms with Crippen molar-refractivity contribution in [3.05, 3.63) is 23.0 Å².